The zero-order valence-electron chi connectivity index (χ0n) is 12.2. The van der Waals surface area contributed by atoms with Crippen LogP contribution in [0.4, 0.5) is 0 Å². The average molecular weight is 305 g/mol. The Morgan fingerprint density at radius 3 is 2.71 bits per heavy atom. The van der Waals surface area contributed by atoms with Gasteiger partial charge in [-0.1, -0.05) is 30.3 Å². The molecule has 1 heterocycles. The highest BCUT2D eigenvalue weighted by Gasteiger charge is 2.23. The van der Waals surface area contributed by atoms with Gasteiger partial charge in [-0.05, 0) is 22.6 Å². The first-order chi connectivity index (χ1) is 10.3. The second-order valence-corrected chi connectivity index (χ2v) is 5.58. The fourth-order valence-electron chi connectivity index (χ4n) is 2.16. The molecule has 0 radical (unpaired) electrons. The molecule has 0 amide bonds. The Balaban J connectivity index is 2.21. The molecule has 1 unspecified atom stereocenters. The Labute approximate surface area is 128 Å². The summed E-state index contributed by atoms with van der Waals surface area (Å²) in [6.45, 7) is 1.09. The van der Waals surface area contributed by atoms with E-state index in [1.54, 1.807) is 18.4 Å². The van der Waals surface area contributed by atoms with Crippen molar-refractivity contribution in [3.05, 3.63) is 57.8 Å². The van der Waals surface area contributed by atoms with Gasteiger partial charge in [0, 0.05) is 18.5 Å². The molecule has 0 saturated heterocycles. The third kappa shape index (κ3) is 4.14. The number of carbonyl (C=O) groups excluding carboxylic acids is 1. The summed E-state index contributed by atoms with van der Waals surface area (Å²) >= 11 is 1.65. The van der Waals surface area contributed by atoms with Crippen molar-refractivity contribution < 1.29 is 14.3 Å². The number of ether oxygens (including phenoxy) is 2. The Hall–Kier alpha value is -1.69. The molecule has 1 atom stereocenters. The zero-order chi connectivity index (χ0) is 15.1. The van der Waals surface area contributed by atoms with Gasteiger partial charge in [-0.2, -0.15) is 0 Å². The van der Waals surface area contributed by atoms with Crippen molar-refractivity contribution >= 4 is 17.3 Å². The third-order valence-electron chi connectivity index (χ3n) is 3.16. The Morgan fingerprint density at radius 2 is 2.05 bits per heavy atom. The molecule has 112 valence electrons. The number of hydrogen-bond acceptors (Lipinski definition) is 5. The van der Waals surface area contributed by atoms with E-state index in [9.17, 15) is 4.79 Å². The highest BCUT2D eigenvalue weighted by molar-refractivity contribution is 7.09. The van der Waals surface area contributed by atoms with Crippen LogP contribution in [0.1, 0.15) is 22.0 Å². The van der Waals surface area contributed by atoms with Crippen LogP contribution in [-0.2, 0) is 27.4 Å². The predicted octanol–water partition coefficient (Wildman–Crippen LogP) is 2.90. The summed E-state index contributed by atoms with van der Waals surface area (Å²) in [6.07, 6.45) is 0. The number of methoxy groups -OCH3 is 2. The SMILES string of the molecule is COCc1ccccc1C(NCc1cccs1)C(=O)OC. The van der Waals surface area contributed by atoms with E-state index in [2.05, 4.69) is 5.32 Å². The first kappa shape index (κ1) is 15.7. The highest BCUT2D eigenvalue weighted by atomic mass is 32.1. The number of rotatable bonds is 7. The molecule has 0 saturated carbocycles. The van der Waals surface area contributed by atoms with E-state index in [0.29, 0.717) is 13.2 Å². The van der Waals surface area contributed by atoms with E-state index in [1.807, 2.05) is 41.8 Å². The molecule has 2 aromatic rings. The van der Waals surface area contributed by atoms with Crippen molar-refractivity contribution in [2.45, 2.75) is 19.2 Å². The Morgan fingerprint density at radius 1 is 1.24 bits per heavy atom. The summed E-state index contributed by atoms with van der Waals surface area (Å²) in [5.74, 6) is -0.296. The summed E-state index contributed by atoms with van der Waals surface area (Å²) in [5.41, 5.74) is 1.87. The molecule has 0 bridgehead atoms. The van der Waals surface area contributed by atoms with Gasteiger partial charge in [0.15, 0.2) is 0 Å². The zero-order valence-corrected chi connectivity index (χ0v) is 13.0. The molecular weight excluding hydrogens is 286 g/mol. The number of hydrogen-bond donors (Lipinski definition) is 1. The van der Waals surface area contributed by atoms with Gasteiger partial charge in [-0.25, -0.2) is 4.79 Å². The fraction of sp³-hybridized carbons (Fsp3) is 0.312. The van der Waals surface area contributed by atoms with Crippen LogP contribution in [0.5, 0.6) is 0 Å². The first-order valence-corrected chi connectivity index (χ1v) is 7.54. The van der Waals surface area contributed by atoms with Gasteiger partial charge in [-0.3, -0.25) is 5.32 Å². The van der Waals surface area contributed by atoms with Crippen LogP contribution >= 0.6 is 11.3 Å². The largest absolute Gasteiger partial charge is 0.468 e. The van der Waals surface area contributed by atoms with E-state index < -0.39 is 6.04 Å². The summed E-state index contributed by atoms with van der Waals surface area (Å²) in [7, 11) is 3.05. The van der Waals surface area contributed by atoms with E-state index in [0.717, 1.165) is 11.1 Å². The molecule has 4 nitrogen and oxygen atoms in total. The molecule has 5 heteroatoms. The van der Waals surface area contributed by atoms with Crippen LogP contribution < -0.4 is 5.32 Å². The van der Waals surface area contributed by atoms with Crippen molar-refractivity contribution in [2.24, 2.45) is 0 Å². The van der Waals surface area contributed by atoms with Crippen LogP contribution in [-0.4, -0.2) is 20.2 Å². The third-order valence-corrected chi connectivity index (χ3v) is 4.04. The second-order valence-electron chi connectivity index (χ2n) is 4.55. The molecule has 2 rings (SSSR count). The summed E-state index contributed by atoms with van der Waals surface area (Å²) in [6, 6.07) is 11.3. The van der Waals surface area contributed by atoms with Gasteiger partial charge >= 0.3 is 5.97 Å². The maximum absolute atomic E-state index is 12.1. The van der Waals surface area contributed by atoms with Gasteiger partial charge in [0.05, 0.1) is 13.7 Å². The minimum absolute atomic E-state index is 0.296. The van der Waals surface area contributed by atoms with Gasteiger partial charge in [0.25, 0.3) is 0 Å². The molecule has 0 fully saturated rings. The second kappa shape index (κ2) is 7.93. The van der Waals surface area contributed by atoms with Gasteiger partial charge in [0.1, 0.15) is 6.04 Å². The standard InChI is InChI=1S/C16H19NO3S/c1-19-11-12-6-3-4-8-14(12)15(16(18)20-2)17-10-13-7-5-9-21-13/h3-9,15,17H,10-11H2,1-2H3. The molecule has 1 N–H and O–H groups in total. The average Bonchev–Trinajstić information content (AvgIpc) is 3.02. The number of esters is 1. The maximum Gasteiger partial charge on any atom is 0.327 e. The minimum atomic E-state index is -0.497. The molecule has 21 heavy (non-hydrogen) atoms. The fourth-order valence-corrected chi connectivity index (χ4v) is 2.81. The van der Waals surface area contributed by atoms with Crippen LogP contribution in [0.15, 0.2) is 41.8 Å². The lowest BCUT2D eigenvalue weighted by Crippen LogP contribution is -2.30. The molecule has 0 aliphatic carbocycles. The number of thiophene rings is 1. The van der Waals surface area contributed by atoms with Crippen molar-refractivity contribution in [2.75, 3.05) is 14.2 Å². The van der Waals surface area contributed by atoms with Crippen molar-refractivity contribution in [3.63, 3.8) is 0 Å². The molecule has 0 aliphatic rings. The normalized spacial score (nSPS) is 12.1. The lowest BCUT2D eigenvalue weighted by Gasteiger charge is -2.19. The molecule has 1 aromatic carbocycles. The van der Waals surface area contributed by atoms with Gasteiger partial charge < -0.3 is 9.47 Å². The van der Waals surface area contributed by atoms with E-state index in [-0.39, 0.29) is 5.97 Å². The van der Waals surface area contributed by atoms with Gasteiger partial charge in [-0.15, -0.1) is 11.3 Å². The predicted molar refractivity (Wildman–Crippen MR) is 83.1 cm³/mol. The first-order valence-electron chi connectivity index (χ1n) is 6.66. The van der Waals surface area contributed by atoms with Gasteiger partial charge in [0.2, 0.25) is 0 Å². The molecule has 0 aliphatic heterocycles. The maximum atomic E-state index is 12.1. The molecule has 1 aromatic heterocycles. The quantitative estimate of drug-likeness (QED) is 0.799. The summed E-state index contributed by atoms with van der Waals surface area (Å²) in [5, 5.41) is 5.29. The molecule has 0 spiro atoms. The van der Waals surface area contributed by atoms with Crippen LogP contribution in [0.25, 0.3) is 0 Å². The van der Waals surface area contributed by atoms with Crippen molar-refractivity contribution in [1.29, 1.82) is 0 Å². The van der Waals surface area contributed by atoms with Crippen LogP contribution in [0.3, 0.4) is 0 Å². The lowest BCUT2D eigenvalue weighted by atomic mass is 10.0. The van der Waals surface area contributed by atoms with Crippen molar-refractivity contribution in [1.82, 2.24) is 5.32 Å². The van der Waals surface area contributed by atoms with Crippen molar-refractivity contribution in [3.8, 4) is 0 Å². The van der Waals surface area contributed by atoms with Crippen LogP contribution in [0, 0.1) is 0 Å². The minimum Gasteiger partial charge on any atom is -0.468 e. The highest BCUT2D eigenvalue weighted by Crippen LogP contribution is 2.21. The van der Waals surface area contributed by atoms with E-state index in [1.165, 1.54) is 12.0 Å². The van der Waals surface area contributed by atoms with Crippen LogP contribution in [0.2, 0.25) is 0 Å². The summed E-state index contributed by atoms with van der Waals surface area (Å²) < 4.78 is 10.1. The topological polar surface area (TPSA) is 47.6 Å². The number of benzene rings is 1. The van der Waals surface area contributed by atoms with E-state index >= 15 is 0 Å². The lowest BCUT2D eigenvalue weighted by molar-refractivity contribution is -0.143. The monoisotopic (exact) mass is 305 g/mol. The van der Waals surface area contributed by atoms with E-state index in [4.69, 9.17) is 9.47 Å². The Kier molecular flexibility index (Phi) is 5.92. The summed E-state index contributed by atoms with van der Waals surface area (Å²) in [4.78, 5) is 13.3. The molecular formula is C16H19NO3S. The number of carbonyl (C=O) groups is 1. The number of nitrogens with one attached hydrogen (secondary N) is 1. The smallest absolute Gasteiger partial charge is 0.327 e. The Bertz CT molecular complexity index is 569.